The van der Waals surface area contributed by atoms with Crippen molar-refractivity contribution in [2.75, 3.05) is 31.5 Å². The van der Waals surface area contributed by atoms with Crippen LogP contribution in [0.2, 0.25) is 0 Å². The molecule has 0 bridgehead atoms. The molecule has 1 aliphatic rings. The molecule has 3 rings (SSSR count). The molecule has 0 spiro atoms. The molecule has 5 nitrogen and oxygen atoms in total. The van der Waals surface area contributed by atoms with Gasteiger partial charge in [-0.25, -0.2) is 4.98 Å². The van der Waals surface area contributed by atoms with E-state index in [4.69, 9.17) is 5.73 Å². The van der Waals surface area contributed by atoms with E-state index in [1.54, 1.807) is 11.3 Å². The zero-order chi connectivity index (χ0) is 16.8. The van der Waals surface area contributed by atoms with Gasteiger partial charge in [0.1, 0.15) is 0 Å². The van der Waals surface area contributed by atoms with Gasteiger partial charge in [-0.1, -0.05) is 30.3 Å². The summed E-state index contributed by atoms with van der Waals surface area (Å²) in [6.07, 6.45) is 4.24. The molecule has 2 aromatic rings. The summed E-state index contributed by atoms with van der Waals surface area (Å²) in [5.41, 5.74) is 8.13. The molecular formula is C18H24N4OS. The second-order valence-electron chi connectivity index (χ2n) is 6.09. The number of thiazole rings is 1. The molecule has 1 aromatic heterocycles. The summed E-state index contributed by atoms with van der Waals surface area (Å²) in [5, 5.41) is 3.68. The van der Waals surface area contributed by atoms with Gasteiger partial charge in [-0.05, 0) is 31.2 Å². The molecule has 0 aliphatic heterocycles. The van der Waals surface area contributed by atoms with Crippen LogP contribution in [-0.2, 0) is 24.1 Å². The lowest BCUT2D eigenvalue weighted by Gasteiger charge is -2.20. The largest absolute Gasteiger partial charge is 0.329 e. The lowest BCUT2D eigenvalue weighted by molar-refractivity contribution is -0.117. The maximum atomic E-state index is 12.3. The van der Waals surface area contributed by atoms with Crippen LogP contribution in [0, 0.1) is 0 Å². The van der Waals surface area contributed by atoms with E-state index in [1.165, 1.54) is 16.9 Å². The number of benzene rings is 1. The molecule has 6 heteroatoms. The topological polar surface area (TPSA) is 71.2 Å². The number of rotatable bonds is 8. The fourth-order valence-corrected chi connectivity index (χ4v) is 4.06. The number of nitrogens with two attached hydrogens (primary N) is 1. The molecule has 0 atom stereocenters. The van der Waals surface area contributed by atoms with E-state index in [-0.39, 0.29) is 5.91 Å². The Hall–Kier alpha value is -1.76. The van der Waals surface area contributed by atoms with Crippen LogP contribution in [0.15, 0.2) is 30.3 Å². The Balaban J connectivity index is 1.51. The lowest BCUT2D eigenvalue weighted by Crippen LogP contribution is -2.38. The highest BCUT2D eigenvalue weighted by Crippen LogP contribution is 2.30. The molecule has 0 saturated carbocycles. The molecule has 128 valence electrons. The van der Waals surface area contributed by atoms with E-state index in [1.807, 2.05) is 18.2 Å². The van der Waals surface area contributed by atoms with Crippen LogP contribution < -0.4 is 11.1 Å². The second-order valence-corrected chi connectivity index (χ2v) is 7.17. The van der Waals surface area contributed by atoms with Gasteiger partial charge in [0.2, 0.25) is 5.91 Å². The molecule has 0 saturated heterocycles. The number of anilines is 1. The van der Waals surface area contributed by atoms with Crippen LogP contribution in [-0.4, -0.2) is 42.0 Å². The van der Waals surface area contributed by atoms with Crippen molar-refractivity contribution in [3.63, 3.8) is 0 Å². The van der Waals surface area contributed by atoms with Gasteiger partial charge in [0.05, 0.1) is 12.2 Å². The number of carbonyl (C=O) groups is 1. The fourth-order valence-electron chi connectivity index (χ4n) is 2.99. The van der Waals surface area contributed by atoms with Gasteiger partial charge in [-0.2, -0.15) is 0 Å². The first-order valence-corrected chi connectivity index (χ1v) is 9.31. The van der Waals surface area contributed by atoms with E-state index >= 15 is 0 Å². The van der Waals surface area contributed by atoms with Crippen LogP contribution in [0.5, 0.6) is 0 Å². The van der Waals surface area contributed by atoms with Crippen LogP contribution >= 0.6 is 11.3 Å². The van der Waals surface area contributed by atoms with Crippen molar-refractivity contribution in [2.45, 2.75) is 25.7 Å². The van der Waals surface area contributed by atoms with E-state index in [0.29, 0.717) is 19.6 Å². The SMILES string of the molecule is NCCN(CCc1ccccc1)CC(=O)Nc1nc2c(s1)CCC2. The smallest absolute Gasteiger partial charge is 0.240 e. The first-order valence-electron chi connectivity index (χ1n) is 8.49. The summed E-state index contributed by atoms with van der Waals surface area (Å²) in [7, 11) is 0. The molecule has 0 fully saturated rings. The lowest BCUT2D eigenvalue weighted by atomic mass is 10.1. The standard InChI is InChI=1S/C18H24N4OS/c19-10-12-22(11-9-14-5-2-1-3-6-14)13-17(23)21-18-20-15-7-4-8-16(15)24-18/h1-3,5-6H,4,7-13,19H2,(H,20,21,23). The third-order valence-corrected chi connectivity index (χ3v) is 5.29. The van der Waals surface area contributed by atoms with Gasteiger partial charge < -0.3 is 11.1 Å². The van der Waals surface area contributed by atoms with Gasteiger partial charge in [0, 0.05) is 24.5 Å². The van der Waals surface area contributed by atoms with Gasteiger partial charge in [0.15, 0.2) is 5.13 Å². The molecule has 1 aromatic carbocycles. The van der Waals surface area contributed by atoms with Crippen molar-refractivity contribution in [2.24, 2.45) is 5.73 Å². The van der Waals surface area contributed by atoms with E-state index in [0.717, 1.165) is 36.6 Å². The molecular weight excluding hydrogens is 320 g/mol. The monoisotopic (exact) mass is 344 g/mol. The molecule has 1 aliphatic carbocycles. The zero-order valence-corrected chi connectivity index (χ0v) is 14.6. The summed E-state index contributed by atoms with van der Waals surface area (Å²) in [6.45, 7) is 2.44. The Labute approximate surface area is 146 Å². The molecule has 1 heterocycles. The number of amides is 1. The molecule has 0 radical (unpaired) electrons. The van der Waals surface area contributed by atoms with Crippen molar-refractivity contribution in [1.82, 2.24) is 9.88 Å². The number of hydrogen-bond acceptors (Lipinski definition) is 5. The third kappa shape index (κ3) is 4.63. The van der Waals surface area contributed by atoms with Gasteiger partial charge in [-0.15, -0.1) is 11.3 Å². The molecule has 0 unspecified atom stereocenters. The molecule has 3 N–H and O–H groups in total. The average molecular weight is 344 g/mol. The number of nitrogens with zero attached hydrogens (tertiary/aromatic N) is 2. The van der Waals surface area contributed by atoms with Crippen molar-refractivity contribution in [3.05, 3.63) is 46.5 Å². The first-order chi connectivity index (χ1) is 11.7. The number of nitrogens with one attached hydrogen (secondary N) is 1. The van der Waals surface area contributed by atoms with Crippen molar-refractivity contribution < 1.29 is 4.79 Å². The van der Waals surface area contributed by atoms with Crippen LogP contribution in [0.4, 0.5) is 5.13 Å². The number of aromatic nitrogens is 1. The Morgan fingerprint density at radius 1 is 1.25 bits per heavy atom. The Bertz CT molecular complexity index is 649. The van der Waals surface area contributed by atoms with Crippen LogP contribution in [0.1, 0.15) is 22.6 Å². The van der Waals surface area contributed by atoms with Gasteiger partial charge in [-0.3, -0.25) is 9.69 Å². The minimum absolute atomic E-state index is 0.0102. The quantitative estimate of drug-likeness (QED) is 0.769. The van der Waals surface area contributed by atoms with Crippen molar-refractivity contribution >= 4 is 22.4 Å². The van der Waals surface area contributed by atoms with Gasteiger partial charge >= 0.3 is 0 Å². The summed E-state index contributed by atoms with van der Waals surface area (Å²) in [5.74, 6) is -0.0102. The number of aryl methyl sites for hydroxylation is 2. The highest BCUT2D eigenvalue weighted by molar-refractivity contribution is 7.15. The van der Waals surface area contributed by atoms with Crippen molar-refractivity contribution in [1.29, 1.82) is 0 Å². The number of carbonyl (C=O) groups excluding carboxylic acids is 1. The Kier molecular flexibility index (Phi) is 5.96. The maximum absolute atomic E-state index is 12.3. The summed E-state index contributed by atoms with van der Waals surface area (Å²) >= 11 is 1.61. The zero-order valence-electron chi connectivity index (χ0n) is 13.8. The fraction of sp³-hybridized carbons (Fsp3) is 0.444. The van der Waals surface area contributed by atoms with Crippen molar-refractivity contribution in [3.8, 4) is 0 Å². The van der Waals surface area contributed by atoms with E-state index in [2.05, 4.69) is 27.3 Å². The van der Waals surface area contributed by atoms with E-state index < -0.39 is 0 Å². The Morgan fingerprint density at radius 2 is 2.08 bits per heavy atom. The maximum Gasteiger partial charge on any atom is 0.240 e. The predicted octanol–water partition coefficient (Wildman–Crippen LogP) is 2.07. The first kappa shape index (κ1) is 17.1. The van der Waals surface area contributed by atoms with E-state index in [9.17, 15) is 4.79 Å². The number of hydrogen-bond donors (Lipinski definition) is 2. The predicted molar refractivity (Wildman–Crippen MR) is 98.4 cm³/mol. The highest BCUT2D eigenvalue weighted by atomic mass is 32.1. The molecule has 1 amide bonds. The third-order valence-electron chi connectivity index (χ3n) is 4.21. The highest BCUT2D eigenvalue weighted by Gasteiger charge is 2.18. The molecule has 24 heavy (non-hydrogen) atoms. The Morgan fingerprint density at radius 3 is 2.83 bits per heavy atom. The minimum atomic E-state index is -0.0102. The van der Waals surface area contributed by atoms with Crippen LogP contribution in [0.3, 0.4) is 0 Å². The number of fused-ring (bicyclic) bond motifs is 1. The minimum Gasteiger partial charge on any atom is -0.329 e. The summed E-state index contributed by atoms with van der Waals surface area (Å²) < 4.78 is 0. The summed E-state index contributed by atoms with van der Waals surface area (Å²) in [4.78, 5) is 20.3. The van der Waals surface area contributed by atoms with Gasteiger partial charge in [0.25, 0.3) is 0 Å². The average Bonchev–Trinajstić information content (AvgIpc) is 3.15. The normalized spacial score (nSPS) is 13.2. The van der Waals surface area contributed by atoms with Crippen LogP contribution in [0.25, 0.3) is 0 Å². The second kappa shape index (κ2) is 8.37. The summed E-state index contributed by atoms with van der Waals surface area (Å²) in [6, 6.07) is 10.3.